The van der Waals surface area contributed by atoms with Gasteiger partial charge in [-0.05, 0) is 59.4 Å². The number of primary amides is 4. The third-order valence-corrected chi connectivity index (χ3v) is 22.8. The van der Waals surface area contributed by atoms with Gasteiger partial charge in [0.15, 0.2) is 6.10 Å². The van der Waals surface area contributed by atoms with Crippen molar-refractivity contribution in [1.82, 2.24) is 75.0 Å². The van der Waals surface area contributed by atoms with Gasteiger partial charge in [-0.15, -0.1) is 57.8 Å². The monoisotopic (exact) mass is 1850 g/mol. The number of amides is 7. The number of thiazole rings is 4. The van der Waals surface area contributed by atoms with Crippen LogP contribution in [-0.4, -0.2) is 175 Å². The predicted octanol–water partition coefficient (Wildman–Crippen LogP) is 5.12. The van der Waals surface area contributed by atoms with Crippen LogP contribution in [0.25, 0.3) is 85.9 Å². The number of carbonyl (C=O) groups excluding carboxylic acids is 9. The van der Waals surface area contributed by atoms with Gasteiger partial charge in [0.25, 0.3) is 29.5 Å². The van der Waals surface area contributed by atoms with Crippen LogP contribution in [-0.2, 0) is 82.6 Å². The Balaban J connectivity index is 0.000000184. The van der Waals surface area contributed by atoms with E-state index in [1.807, 2.05) is 194 Å². The molecule has 6 atom stereocenters. The molecule has 0 radical (unpaired) electrons. The number of rotatable bonds is 27. The van der Waals surface area contributed by atoms with Crippen molar-refractivity contribution in [3.63, 3.8) is 0 Å². The molecule has 128 heavy (non-hydrogen) atoms. The summed E-state index contributed by atoms with van der Waals surface area (Å²) in [5.41, 5.74) is 46.2. The van der Waals surface area contributed by atoms with E-state index >= 15 is 0 Å². The Kier molecular flexibility index (Phi) is 35.5. The van der Waals surface area contributed by atoms with Crippen LogP contribution in [0.3, 0.4) is 0 Å². The molecule has 0 spiro atoms. The normalized spacial score (nSPS) is 12.1. The quantitative estimate of drug-likeness (QED) is 0.0235. The number of aliphatic hydroxyl groups is 2. The minimum absolute atomic E-state index is 0. The molecule has 16 rings (SSSR count). The molecular weight excluding hydrogens is 1760 g/mol. The maximum Gasteiger partial charge on any atom is 1.00 e. The zero-order valence-corrected chi connectivity index (χ0v) is 76.3. The number of benzene rings is 8. The summed E-state index contributed by atoms with van der Waals surface area (Å²) in [4.78, 5) is 138. The molecule has 8 aromatic heterocycles. The van der Waals surface area contributed by atoms with Gasteiger partial charge in [-0.2, -0.15) is 20.4 Å². The summed E-state index contributed by atoms with van der Waals surface area (Å²) < 4.78 is 9.83. The number of aryl methyl sites for hydroxylation is 4. The molecule has 34 nitrogen and oxygen atoms in total. The summed E-state index contributed by atoms with van der Waals surface area (Å²) in [5.74, 6) is -8.04. The number of aromatic nitrogens is 12. The molecule has 8 heterocycles. The van der Waals surface area contributed by atoms with Crippen LogP contribution in [0.5, 0.6) is 0 Å². The second kappa shape index (κ2) is 46.0. The molecule has 652 valence electrons. The van der Waals surface area contributed by atoms with E-state index < -0.39 is 95.3 Å². The van der Waals surface area contributed by atoms with Gasteiger partial charge in [0, 0.05) is 94.1 Å². The number of carboxylic acid groups (broad SMARTS) is 1. The molecule has 6 unspecified atom stereocenters. The first-order chi connectivity index (χ1) is 60.1. The van der Waals surface area contributed by atoms with Crippen LogP contribution in [0.15, 0.2) is 241 Å². The molecule has 0 bridgehead atoms. The van der Waals surface area contributed by atoms with E-state index in [1.165, 1.54) is 65.6 Å². The SMILES string of the molecule is Cl.Cn1cc(C(=O)NC(Cc2ccccc2)C(=O)C(N)=O)c(-c2cccc3ncsc23)n1.Cn1cc(C(=O)NC(Cc2ccccc2)C(=O)C(N)=O)c(-c2cccc3ncsc23)n1.Cn1cc(C(=O)NC(Cc2ccccc2)C(O)C(N)=O)c(-c2cccc3ncsc23)n1.Cn1cc(C(=O)O)c(-c2cccc3ncsc23)n1.NC(=O)C(O)C(N)Cc1ccccc1.[K+].[OH-]. The number of carbonyl (C=O) groups is 10. The number of nitrogens with one attached hydrogen (secondary N) is 3. The Bertz CT molecular complexity index is 6400. The van der Waals surface area contributed by atoms with Crippen molar-refractivity contribution in [2.75, 3.05) is 0 Å². The average Bonchev–Trinajstić information content (AvgIpc) is 1.65. The molecule has 0 aliphatic carbocycles. The van der Waals surface area contributed by atoms with E-state index in [4.69, 9.17) is 28.7 Å². The van der Waals surface area contributed by atoms with E-state index in [1.54, 1.807) is 73.5 Å². The number of nitrogens with two attached hydrogens (primary N) is 5. The largest absolute Gasteiger partial charge is 1.00 e. The van der Waals surface area contributed by atoms with Gasteiger partial charge in [0.05, 0.1) is 85.6 Å². The fourth-order valence-corrected chi connectivity index (χ4v) is 16.6. The van der Waals surface area contributed by atoms with E-state index in [2.05, 4.69) is 56.3 Å². The Morgan fingerprint density at radius 1 is 0.367 bits per heavy atom. The number of aliphatic hydroxyl groups excluding tert-OH is 2. The first kappa shape index (κ1) is 98.8. The second-order valence-electron chi connectivity index (χ2n) is 28.3. The van der Waals surface area contributed by atoms with Gasteiger partial charge in [0.1, 0.15) is 46.5 Å². The van der Waals surface area contributed by atoms with Crippen molar-refractivity contribution in [3.8, 4) is 45.0 Å². The second-order valence-corrected chi connectivity index (χ2v) is 31.7. The van der Waals surface area contributed by atoms with Crippen LogP contribution in [0.1, 0.15) is 63.7 Å². The Morgan fingerprint density at radius 2 is 0.633 bits per heavy atom. The molecule has 0 saturated heterocycles. The van der Waals surface area contributed by atoms with Crippen LogP contribution >= 0.6 is 57.8 Å². The van der Waals surface area contributed by atoms with Crippen molar-refractivity contribution in [3.05, 3.63) is 285 Å². The summed E-state index contributed by atoms with van der Waals surface area (Å²) in [6.45, 7) is 0. The minimum atomic E-state index is -1.53. The van der Waals surface area contributed by atoms with Crippen molar-refractivity contribution < 1.29 is 120 Å². The first-order valence-corrected chi connectivity index (χ1v) is 41.7. The minimum Gasteiger partial charge on any atom is -0.870 e. The summed E-state index contributed by atoms with van der Waals surface area (Å²) in [5, 5.41) is 54.6. The van der Waals surface area contributed by atoms with Crippen LogP contribution in [0, 0.1) is 0 Å². The third kappa shape index (κ3) is 24.8. The van der Waals surface area contributed by atoms with E-state index in [0.29, 0.717) is 45.9 Å². The third-order valence-electron chi connectivity index (χ3n) is 19.3. The van der Waals surface area contributed by atoms with Crippen LogP contribution < -0.4 is 96.0 Å². The molecule has 16 aromatic rings. The van der Waals surface area contributed by atoms with Crippen molar-refractivity contribution in [2.45, 2.75) is 62.1 Å². The van der Waals surface area contributed by atoms with Gasteiger partial charge < -0.3 is 65.4 Å². The maximum atomic E-state index is 13.2. The number of hydrogen-bond acceptors (Lipinski definition) is 26. The van der Waals surface area contributed by atoms with E-state index in [-0.39, 0.29) is 94.1 Å². The molecule has 17 N–H and O–H groups in total. The maximum absolute atomic E-state index is 13.2. The number of fused-ring (bicyclic) bond motifs is 4. The topological polar surface area (TPSA) is 550 Å². The molecule has 8 aromatic carbocycles. The molecule has 0 saturated carbocycles. The molecule has 0 fully saturated rings. The van der Waals surface area contributed by atoms with Gasteiger partial charge >= 0.3 is 57.4 Å². The van der Waals surface area contributed by atoms with E-state index in [0.717, 1.165) is 85.4 Å². The first-order valence-electron chi connectivity index (χ1n) is 38.2. The fraction of sp³-hybridized carbons (Fsp3) is 0.159. The van der Waals surface area contributed by atoms with Gasteiger partial charge in [-0.25, -0.2) is 24.7 Å². The number of nitrogens with zero attached hydrogens (tertiary/aromatic N) is 12. The van der Waals surface area contributed by atoms with Crippen molar-refractivity contribution in [1.29, 1.82) is 0 Å². The zero-order valence-electron chi connectivity index (χ0n) is 69.1. The van der Waals surface area contributed by atoms with Gasteiger partial charge in [-0.1, -0.05) is 170 Å². The average molecular weight is 1850 g/mol. The number of ketones is 2. The molecule has 40 heteroatoms. The molecule has 0 aliphatic heterocycles. The number of halogens is 1. The Labute approximate surface area is 794 Å². The van der Waals surface area contributed by atoms with Crippen molar-refractivity contribution in [2.24, 2.45) is 56.9 Å². The summed E-state index contributed by atoms with van der Waals surface area (Å²) in [6.07, 6.45) is 4.45. The number of carboxylic acids is 1. The number of hydrogen-bond donors (Lipinski definition) is 11. The van der Waals surface area contributed by atoms with Crippen LogP contribution in [0.4, 0.5) is 0 Å². The Hall–Kier alpha value is -13.0. The number of aromatic carboxylic acids is 1. The summed E-state index contributed by atoms with van der Waals surface area (Å²) in [7, 11) is 6.86. The number of Topliss-reactive ketones (excluding diaryl/α,β-unsaturated/α-hetero) is 2. The molecule has 0 aliphatic rings. The summed E-state index contributed by atoms with van der Waals surface area (Å²) in [6, 6.07) is 55.7. The summed E-state index contributed by atoms with van der Waals surface area (Å²) >= 11 is 5.87. The van der Waals surface area contributed by atoms with Crippen LogP contribution in [0.2, 0.25) is 0 Å². The van der Waals surface area contributed by atoms with Crippen molar-refractivity contribution >= 4 is 158 Å². The zero-order chi connectivity index (χ0) is 89.1. The van der Waals surface area contributed by atoms with E-state index in [9.17, 15) is 63.3 Å². The van der Waals surface area contributed by atoms with Gasteiger partial charge in [0.2, 0.25) is 23.4 Å². The molecule has 7 amide bonds. The van der Waals surface area contributed by atoms with Gasteiger partial charge in [-0.3, -0.25) is 61.9 Å². The molecular formula is C88H84ClKN20O14S4. The predicted molar refractivity (Wildman–Crippen MR) is 485 cm³/mol. The Morgan fingerprint density at radius 3 is 0.914 bits per heavy atom. The standard InChI is InChI=1S/C22H21N5O3S.2C22H19N5O3S.C12H9N3O2S.C10H14N2O2.ClH.K.H2O/c3*1-27-11-15(18(26-27)14-8-5-9-16-20(14)31-12-24-16)22(30)25-17(19(28)21(23)29)10-13-6-3-2-4-7-13;1-15-5-8(12(16)17)10(14-15)7-3-2-4-9-11(7)18-6-13-9;11-8(9(13)10(12)14)6-7-4-2-1-3-5-7;;;/h2-9,11-12,17,19,28H,10H2,1H3,(H2,23,29)(H,25,30);2*2-9,11-12,17H,10H2,1H3,(H2,23,29)(H,25,30);2-6H,1H3,(H,16,17);1-5,8-9,13H,6,11H2,(H2,12,14);1H;;1H2/q;;;;;;+1;/p-1. The smallest absolute Gasteiger partial charge is 0.870 e. The fourth-order valence-electron chi connectivity index (χ4n) is 13.4.